The monoisotopic (exact) mass is 364 g/mol. The van der Waals surface area contributed by atoms with Crippen LogP contribution in [-0.2, 0) is 13.0 Å². The topological polar surface area (TPSA) is 17.4 Å². The van der Waals surface area contributed by atoms with Crippen molar-refractivity contribution >= 4 is 22.7 Å². The first-order chi connectivity index (χ1) is 13.0. The van der Waals surface area contributed by atoms with E-state index < -0.39 is 0 Å². The molecule has 27 heavy (non-hydrogen) atoms. The predicted molar refractivity (Wildman–Crippen MR) is 110 cm³/mol. The number of ether oxygens (including phenoxy) is 1. The maximum absolute atomic E-state index is 14.1. The molecule has 140 valence electrons. The number of aromatic nitrogens is 1. The van der Waals surface area contributed by atoms with Gasteiger partial charge in [0, 0.05) is 30.4 Å². The molecular weight excluding hydrogens is 339 g/mol. The average molecular weight is 364 g/mol. The fourth-order valence-corrected chi connectivity index (χ4v) is 3.96. The molecular formula is C23H25FN2O. The van der Waals surface area contributed by atoms with E-state index in [0.29, 0.717) is 0 Å². The molecule has 0 saturated carbocycles. The highest BCUT2D eigenvalue weighted by Crippen LogP contribution is 2.33. The number of hydrogen-bond acceptors (Lipinski definition) is 2. The maximum atomic E-state index is 14.1. The average Bonchev–Trinajstić information content (AvgIpc) is 2.94. The summed E-state index contributed by atoms with van der Waals surface area (Å²) >= 11 is 0. The van der Waals surface area contributed by atoms with Crippen molar-refractivity contribution in [1.82, 2.24) is 9.47 Å². The number of aryl methyl sites for hydroxylation is 1. The SMILES string of the molecule is COc1ccc(C(C)=Cn2c3c(c4cc(C)ccc42)CCN(C)C3)cc1F. The maximum Gasteiger partial charge on any atom is 0.165 e. The fraction of sp³-hybridized carbons (Fsp3) is 0.304. The second kappa shape index (κ2) is 6.86. The molecule has 0 N–H and O–H groups in total. The Morgan fingerprint density at radius 1 is 1.19 bits per heavy atom. The van der Waals surface area contributed by atoms with Gasteiger partial charge in [-0.3, -0.25) is 0 Å². The molecule has 0 radical (unpaired) electrons. The van der Waals surface area contributed by atoms with E-state index >= 15 is 0 Å². The van der Waals surface area contributed by atoms with E-state index in [1.807, 2.05) is 13.0 Å². The summed E-state index contributed by atoms with van der Waals surface area (Å²) in [4.78, 5) is 2.35. The first kappa shape index (κ1) is 17.8. The van der Waals surface area contributed by atoms with Gasteiger partial charge >= 0.3 is 0 Å². The van der Waals surface area contributed by atoms with Gasteiger partial charge in [0.1, 0.15) is 0 Å². The molecule has 1 aliphatic rings. The van der Waals surface area contributed by atoms with Crippen molar-refractivity contribution < 1.29 is 9.13 Å². The summed E-state index contributed by atoms with van der Waals surface area (Å²) in [6.07, 6.45) is 3.19. The van der Waals surface area contributed by atoms with E-state index in [2.05, 4.69) is 47.8 Å². The third-order valence-corrected chi connectivity index (χ3v) is 5.47. The molecule has 0 spiro atoms. The van der Waals surface area contributed by atoms with Crippen LogP contribution in [0.25, 0.3) is 22.7 Å². The van der Waals surface area contributed by atoms with Crippen LogP contribution in [0.3, 0.4) is 0 Å². The lowest BCUT2D eigenvalue weighted by molar-refractivity contribution is 0.308. The molecule has 1 aromatic heterocycles. The summed E-state index contributed by atoms with van der Waals surface area (Å²) in [5, 5.41) is 1.34. The Kier molecular flexibility index (Phi) is 4.52. The Morgan fingerprint density at radius 2 is 2.00 bits per heavy atom. The number of benzene rings is 2. The van der Waals surface area contributed by atoms with Crippen LogP contribution in [0.5, 0.6) is 5.75 Å². The van der Waals surface area contributed by atoms with Gasteiger partial charge in [-0.25, -0.2) is 4.39 Å². The molecule has 0 aliphatic carbocycles. The number of methoxy groups -OCH3 is 1. The molecule has 2 aromatic carbocycles. The van der Waals surface area contributed by atoms with Gasteiger partial charge in [0.25, 0.3) is 0 Å². The van der Waals surface area contributed by atoms with Crippen molar-refractivity contribution in [3.63, 3.8) is 0 Å². The normalized spacial score (nSPS) is 15.2. The highest BCUT2D eigenvalue weighted by Gasteiger charge is 2.22. The minimum Gasteiger partial charge on any atom is -0.494 e. The molecule has 0 unspecified atom stereocenters. The lowest BCUT2D eigenvalue weighted by atomic mass is 10.0. The number of nitrogens with zero attached hydrogens (tertiary/aromatic N) is 2. The number of halogens is 1. The molecule has 1 aliphatic heterocycles. The van der Waals surface area contributed by atoms with Crippen molar-refractivity contribution in [3.05, 3.63) is 64.6 Å². The predicted octanol–water partition coefficient (Wildman–Crippen LogP) is 5.10. The molecule has 0 amide bonds. The summed E-state index contributed by atoms with van der Waals surface area (Å²) < 4.78 is 21.5. The van der Waals surface area contributed by atoms with Gasteiger partial charge in [-0.1, -0.05) is 17.7 Å². The van der Waals surface area contributed by atoms with Crippen LogP contribution in [0, 0.1) is 12.7 Å². The Labute approximate surface area is 159 Å². The molecule has 3 nitrogen and oxygen atoms in total. The molecule has 4 heteroatoms. The van der Waals surface area contributed by atoms with Crippen molar-refractivity contribution in [2.75, 3.05) is 20.7 Å². The third-order valence-electron chi connectivity index (χ3n) is 5.47. The van der Waals surface area contributed by atoms with Gasteiger partial charge < -0.3 is 14.2 Å². The third kappa shape index (κ3) is 3.15. The van der Waals surface area contributed by atoms with Crippen LogP contribution in [-0.4, -0.2) is 30.2 Å². The Hall–Kier alpha value is -2.59. The number of rotatable bonds is 3. The summed E-state index contributed by atoms with van der Waals surface area (Å²) in [6.45, 7) is 6.16. The Morgan fingerprint density at radius 3 is 2.74 bits per heavy atom. The van der Waals surface area contributed by atoms with Crippen LogP contribution in [0.15, 0.2) is 36.4 Å². The zero-order valence-electron chi connectivity index (χ0n) is 16.3. The van der Waals surface area contributed by atoms with Crippen LogP contribution in [0.4, 0.5) is 4.39 Å². The lowest BCUT2D eigenvalue weighted by Gasteiger charge is -2.24. The number of fused-ring (bicyclic) bond motifs is 3. The molecule has 0 saturated heterocycles. The smallest absolute Gasteiger partial charge is 0.165 e. The van der Waals surface area contributed by atoms with E-state index in [1.165, 1.54) is 34.8 Å². The quantitative estimate of drug-likeness (QED) is 0.643. The van der Waals surface area contributed by atoms with E-state index in [1.54, 1.807) is 12.1 Å². The first-order valence-electron chi connectivity index (χ1n) is 9.31. The molecule has 2 heterocycles. The number of hydrogen-bond donors (Lipinski definition) is 0. The largest absolute Gasteiger partial charge is 0.494 e. The van der Waals surface area contributed by atoms with E-state index in [4.69, 9.17) is 4.74 Å². The van der Waals surface area contributed by atoms with Crippen LogP contribution < -0.4 is 4.74 Å². The van der Waals surface area contributed by atoms with Crippen LogP contribution >= 0.6 is 0 Å². The van der Waals surface area contributed by atoms with Crippen LogP contribution in [0.2, 0.25) is 0 Å². The number of likely N-dealkylation sites (N-methyl/N-ethyl adjacent to an activating group) is 1. The second-order valence-electron chi connectivity index (χ2n) is 7.47. The second-order valence-corrected chi connectivity index (χ2v) is 7.47. The minimum atomic E-state index is -0.336. The summed E-state index contributed by atoms with van der Waals surface area (Å²) in [7, 11) is 3.64. The van der Waals surface area contributed by atoms with E-state index in [9.17, 15) is 4.39 Å². The van der Waals surface area contributed by atoms with Crippen molar-refractivity contribution in [2.45, 2.75) is 26.8 Å². The zero-order chi connectivity index (χ0) is 19.1. The molecule has 3 aromatic rings. The number of allylic oxidation sites excluding steroid dienone is 1. The van der Waals surface area contributed by atoms with E-state index in [0.717, 1.165) is 30.6 Å². The summed E-state index contributed by atoms with van der Waals surface area (Å²) in [5.41, 5.74) is 7.15. The molecule has 4 rings (SSSR count). The minimum absolute atomic E-state index is 0.271. The van der Waals surface area contributed by atoms with Crippen molar-refractivity contribution in [3.8, 4) is 5.75 Å². The Bertz CT molecular complexity index is 1050. The first-order valence-corrected chi connectivity index (χ1v) is 9.31. The van der Waals surface area contributed by atoms with Gasteiger partial charge in [0.2, 0.25) is 0 Å². The summed E-state index contributed by atoms with van der Waals surface area (Å²) in [5.74, 6) is -0.0649. The zero-order valence-corrected chi connectivity index (χ0v) is 16.3. The molecule has 0 atom stereocenters. The van der Waals surface area contributed by atoms with Crippen LogP contribution in [0.1, 0.15) is 29.3 Å². The molecule has 0 bridgehead atoms. The highest BCUT2D eigenvalue weighted by atomic mass is 19.1. The highest BCUT2D eigenvalue weighted by molar-refractivity contribution is 5.90. The van der Waals surface area contributed by atoms with Gasteiger partial charge in [0.05, 0.1) is 12.6 Å². The van der Waals surface area contributed by atoms with Crippen molar-refractivity contribution in [1.29, 1.82) is 0 Å². The lowest BCUT2D eigenvalue weighted by Crippen LogP contribution is -2.27. The van der Waals surface area contributed by atoms with Crippen molar-refractivity contribution in [2.24, 2.45) is 0 Å². The Balaban J connectivity index is 1.87. The van der Waals surface area contributed by atoms with Gasteiger partial charge in [-0.15, -0.1) is 0 Å². The summed E-state index contributed by atoms with van der Waals surface area (Å²) in [6, 6.07) is 11.8. The standard InChI is InChI=1S/C23H25FN2O/c1-15-5-7-21-19(11-15)18-9-10-25(3)14-22(18)26(21)13-16(2)17-6-8-23(27-4)20(24)12-17/h5-8,11-13H,9-10,14H2,1-4H3. The van der Waals surface area contributed by atoms with Gasteiger partial charge in [0.15, 0.2) is 11.6 Å². The van der Waals surface area contributed by atoms with E-state index in [-0.39, 0.29) is 11.6 Å². The van der Waals surface area contributed by atoms with Gasteiger partial charge in [-0.2, -0.15) is 0 Å². The fourth-order valence-electron chi connectivity index (χ4n) is 3.96. The molecule has 0 fully saturated rings. The van der Waals surface area contributed by atoms with Gasteiger partial charge in [-0.05, 0) is 68.3 Å².